The fraction of sp³-hybridized carbons (Fsp3) is 1.00. The van der Waals surface area contributed by atoms with E-state index in [-0.39, 0.29) is 37.2 Å². The molecule has 0 saturated carbocycles. The Balaban J connectivity index is -0.0000000267. The number of hydrogen-bond acceptors (Lipinski definition) is 1. The monoisotopic (exact) mass is 215 g/mol. The molecule has 0 saturated heterocycles. The molecule has 0 heterocycles. The molecule has 0 aromatic rings. The van der Waals surface area contributed by atoms with Crippen molar-refractivity contribution in [2.75, 3.05) is 6.61 Å². The van der Waals surface area contributed by atoms with Crippen molar-refractivity contribution in [2.24, 2.45) is 0 Å². The van der Waals surface area contributed by atoms with Crippen LogP contribution in [0, 0.1) is 0 Å². The Hall–Kier alpha value is 1.54. The standard InChI is InChI=1S/C3H7O.3ClH.Ti/c1-2-3-4;;;;/h2-3H2,1H3;3*1H;/q-1;;;;+1. The molecule has 0 aromatic carbocycles. The first kappa shape index (κ1) is 22.7. The van der Waals surface area contributed by atoms with Crippen molar-refractivity contribution in [3.8, 4) is 0 Å². The van der Waals surface area contributed by atoms with Crippen LogP contribution in [0.3, 0.4) is 0 Å². The van der Waals surface area contributed by atoms with E-state index >= 15 is 0 Å². The van der Waals surface area contributed by atoms with Gasteiger partial charge in [0.1, 0.15) is 0 Å². The molecule has 0 N–H and O–H groups in total. The minimum absolute atomic E-state index is 0. The van der Waals surface area contributed by atoms with Crippen LogP contribution < -0.4 is 0 Å². The van der Waals surface area contributed by atoms with Gasteiger partial charge < -0.3 is 0 Å². The normalized spacial score (nSPS) is 5.00. The van der Waals surface area contributed by atoms with Gasteiger partial charge in [0.2, 0.25) is 0 Å². The zero-order valence-electron chi connectivity index (χ0n) is 4.55. The summed E-state index contributed by atoms with van der Waals surface area (Å²) in [4.78, 5) is 0. The topological polar surface area (TPSA) is 9.23 Å². The van der Waals surface area contributed by atoms with E-state index in [9.17, 15) is 0 Å². The van der Waals surface area contributed by atoms with E-state index in [4.69, 9.17) is 3.32 Å². The fourth-order valence-corrected chi connectivity index (χ4v) is 0.421. The van der Waals surface area contributed by atoms with Gasteiger partial charge in [-0.15, -0.1) is 37.2 Å². The van der Waals surface area contributed by atoms with Crippen LogP contribution in [0.15, 0.2) is 0 Å². The van der Waals surface area contributed by atoms with Crippen LogP contribution in [0.25, 0.3) is 0 Å². The first-order valence-corrected chi connectivity index (χ1v) is 2.34. The second-order valence-electron chi connectivity index (χ2n) is 0.848. The Morgan fingerprint density at radius 1 is 1.25 bits per heavy atom. The van der Waals surface area contributed by atoms with Gasteiger partial charge in [-0.25, -0.2) is 0 Å². The van der Waals surface area contributed by atoms with Crippen molar-refractivity contribution in [1.29, 1.82) is 0 Å². The molecule has 0 rings (SSSR count). The van der Waals surface area contributed by atoms with Crippen molar-refractivity contribution < 1.29 is 24.1 Å². The van der Waals surface area contributed by atoms with Crippen LogP contribution in [0.4, 0.5) is 0 Å². The van der Waals surface area contributed by atoms with E-state index in [1.54, 1.807) is 20.8 Å². The molecule has 0 spiro atoms. The van der Waals surface area contributed by atoms with Gasteiger partial charge in [-0.2, -0.15) is 0 Å². The summed E-state index contributed by atoms with van der Waals surface area (Å²) in [6.45, 7) is 2.98. The second kappa shape index (κ2) is 23.5. The van der Waals surface area contributed by atoms with E-state index < -0.39 is 0 Å². The zero-order valence-corrected chi connectivity index (χ0v) is 8.56. The van der Waals surface area contributed by atoms with Crippen molar-refractivity contribution in [2.45, 2.75) is 13.3 Å². The summed E-state index contributed by atoms with van der Waals surface area (Å²) < 4.78 is 4.69. The second-order valence-corrected chi connectivity index (χ2v) is 1.30. The maximum Gasteiger partial charge on any atom is -0.147 e. The quantitative estimate of drug-likeness (QED) is 0.643. The van der Waals surface area contributed by atoms with Crippen LogP contribution >= 0.6 is 37.2 Å². The third kappa shape index (κ3) is 25.7. The van der Waals surface area contributed by atoms with E-state index in [1.807, 2.05) is 0 Å². The van der Waals surface area contributed by atoms with Crippen LogP contribution in [-0.4, -0.2) is 6.61 Å². The predicted molar refractivity (Wildman–Crippen MR) is 38.0 cm³/mol. The first-order chi connectivity index (χ1) is 2.41. The molecule has 0 aliphatic heterocycles. The summed E-state index contributed by atoms with van der Waals surface area (Å²) in [6, 6.07) is 0. The van der Waals surface area contributed by atoms with E-state index in [2.05, 4.69) is 6.92 Å². The van der Waals surface area contributed by atoms with Gasteiger partial charge in [0.05, 0.1) is 0 Å². The molecule has 0 radical (unpaired) electrons. The van der Waals surface area contributed by atoms with Crippen molar-refractivity contribution in [3.05, 3.63) is 0 Å². The molecule has 0 aliphatic rings. The smallest absolute Gasteiger partial charge is 0.147 e. The molecule has 0 fully saturated rings. The molecule has 0 aliphatic carbocycles. The minimum Gasteiger partial charge on any atom is -0.147 e. The molecule has 0 amide bonds. The summed E-state index contributed by atoms with van der Waals surface area (Å²) in [6.07, 6.45) is 1.12. The Morgan fingerprint density at radius 2 is 1.62 bits per heavy atom. The van der Waals surface area contributed by atoms with Gasteiger partial charge in [0, 0.05) is 0 Å². The Kier molecular flexibility index (Phi) is 66.7. The predicted octanol–water partition coefficient (Wildman–Crippen LogP) is 2.14. The average Bonchev–Trinajstić information content (AvgIpc) is 1.41. The van der Waals surface area contributed by atoms with Crippen LogP contribution in [-0.2, 0) is 24.1 Å². The van der Waals surface area contributed by atoms with E-state index in [1.165, 1.54) is 0 Å². The maximum atomic E-state index is 4.69. The molecule has 53 valence electrons. The molecular formula is C3H10Cl3OTi. The Labute approximate surface area is 81.0 Å². The summed E-state index contributed by atoms with van der Waals surface area (Å²) >= 11 is 1.71. The van der Waals surface area contributed by atoms with Crippen LogP contribution in [0.1, 0.15) is 13.3 Å². The first-order valence-electron chi connectivity index (χ1n) is 1.70. The van der Waals surface area contributed by atoms with Crippen molar-refractivity contribution in [3.63, 3.8) is 0 Å². The third-order valence-electron chi connectivity index (χ3n) is 0.306. The fourth-order valence-electron chi connectivity index (χ4n) is 0.102. The zero-order chi connectivity index (χ0) is 4.12. The van der Waals surface area contributed by atoms with Gasteiger partial charge in [0.25, 0.3) is 0 Å². The molecular weight excluding hydrogens is 206 g/mol. The molecule has 0 unspecified atom stereocenters. The van der Waals surface area contributed by atoms with Crippen molar-refractivity contribution in [1.82, 2.24) is 0 Å². The van der Waals surface area contributed by atoms with Crippen LogP contribution in [0.5, 0.6) is 0 Å². The molecule has 0 aromatic heterocycles. The molecule has 0 atom stereocenters. The van der Waals surface area contributed by atoms with E-state index in [0.29, 0.717) is 0 Å². The minimum atomic E-state index is 0. The largest absolute Gasteiger partial charge is 0.147 e. The van der Waals surface area contributed by atoms with Gasteiger partial charge >= 0.3 is 44.1 Å². The SMILES string of the molecule is CCC[O][Ti].Cl.Cl.Cl. The Bertz CT molecular complexity index is 22.0. The third-order valence-corrected chi connectivity index (χ3v) is 0.625. The number of hydrogen-bond donors (Lipinski definition) is 0. The van der Waals surface area contributed by atoms with Gasteiger partial charge in [-0.05, 0) is 0 Å². The average molecular weight is 216 g/mol. The van der Waals surface area contributed by atoms with Gasteiger partial charge in [-0.1, -0.05) is 0 Å². The molecule has 1 nitrogen and oxygen atoms in total. The van der Waals surface area contributed by atoms with Crippen LogP contribution in [0.2, 0.25) is 0 Å². The molecule has 8 heavy (non-hydrogen) atoms. The Morgan fingerprint density at radius 3 is 1.62 bits per heavy atom. The van der Waals surface area contributed by atoms with Gasteiger partial charge in [-0.3, -0.25) is 0 Å². The summed E-state index contributed by atoms with van der Waals surface area (Å²) in [7, 11) is 0. The van der Waals surface area contributed by atoms with E-state index in [0.717, 1.165) is 13.0 Å². The molecule has 5 heteroatoms. The maximum absolute atomic E-state index is 4.69. The summed E-state index contributed by atoms with van der Waals surface area (Å²) in [5, 5.41) is 0. The molecule has 0 bridgehead atoms. The van der Waals surface area contributed by atoms with Gasteiger partial charge in [0.15, 0.2) is 0 Å². The summed E-state index contributed by atoms with van der Waals surface area (Å²) in [5.74, 6) is 0. The summed E-state index contributed by atoms with van der Waals surface area (Å²) in [5.41, 5.74) is 0. The number of rotatable bonds is 2. The van der Waals surface area contributed by atoms with Crippen molar-refractivity contribution >= 4 is 37.2 Å². The number of halogens is 3.